The maximum atomic E-state index is 13.6. The van der Waals surface area contributed by atoms with Gasteiger partial charge in [-0.2, -0.15) is 18.3 Å². The molecule has 2 aromatic carbocycles. The largest absolute Gasteiger partial charge is 0.435 e. The van der Waals surface area contributed by atoms with Crippen molar-refractivity contribution in [2.75, 3.05) is 0 Å². The van der Waals surface area contributed by atoms with Crippen LogP contribution in [0.25, 0.3) is 11.4 Å². The molecule has 158 valence electrons. The number of benzene rings is 2. The van der Waals surface area contributed by atoms with E-state index < -0.39 is 29.3 Å². The number of hydrogen-bond acceptors (Lipinski definition) is 4. The molecule has 4 aromatic rings. The van der Waals surface area contributed by atoms with Crippen molar-refractivity contribution in [3.63, 3.8) is 0 Å². The fraction of sp³-hybridized carbons (Fsp3) is 0.100. The third-order valence-corrected chi connectivity index (χ3v) is 4.38. The van der Waals surface area contributed by atoms with Gasteiger partial charge in [0.15, 0.2) is 11.4 Å². The topological polar surface area (TPSA) is 77.6 Å². The van der Waals surface area contributed by atoms with Crippen LogP contribution in [0, 0.1) is 5.82 Å². The Morgan fingerprint density at radius 3 is 2.29 bits per heavy atom. The van der Waals surface area contributed by atoms with Crippen LogP contribution in [0.15, 0.2) is 67.0 Å². The number of amides is 1. The highest BCUT2D eigenvalue weighted by Crippen LogP contribution is 2.32. The van der Waals surface area contributed by atoms with E-state index in [1.807, 2.05) is 0 Å². The van der Waals surface area contributed by atoms with Gasteiger partial charge in [-0.05, 0) is 48.0 Å². The average Bonchev–Trinajstić information content (AvgIpc) is 3.43. The molecule has 0 radical (unpaired) electrons. The summed E-state index contributed by atoms with van der Waals surface area (Å²) in [6, 6.07) is 12.9. The number of alkyl halides is 3. The lowest BCUT2D eigenvalue weighted by atomic mass is 10.2. The van der Waals surface area contributed by atoms with Crippen molar-refractivity contribution in [1.82, 2.24) is 30.1 Å². The summed E-state index contributed by atoms with van der Waals surface area (Å²) in [5.41, 5.74) is -0.824. The normalized spacial score (nSPS) is 11.5. The monoisotopic (exact) mass is 430 g/mol. The van der Waals surface area contributed by atoms with Crippen LogP contribution in [-0.2, 0) is 12.7 Å². The molecule has 31 heavy (non-hydrogen) atoms. The lowest BCUT2D eigenvalue weighted by molar-refractivity contribution is -0.143. The minimum Gasteiger partial charge on any atom is -0.346 e. The van der Waals surface area contributed by atoms with E-state index in [1.165, 1.54) is 0 Å². The minimum absolute atomic E-state index is 0.0150. The van der Waals surface area contributed by atoms with E-state index in [2.05, 4.69) is 20.7 Å². The summed E-state index contributed by atoms with van der Waals surface area (Å²) in [5.74, 6) is -1.65. The van der Waals surface area contributed by atoms with Crippen LogP contribution in [0.5, 0.6) is 0 Å². The summed E-state index contributed by atoms with van der Waals surface area (Å²) in [4.78, 5) is 12.4. The van der Waals surface area contributed by atoms with E-state index in [1.54, 1.807) is 47.4 Å². The molecule has 0 saturated heterocycles. The van der Waals surface area contributed by atoms with E-state index >= 15 is 0 Å². The van der Waals surface area contributed by atoms with Crippen molar-refractivity contribution in [2.24, 2.45) is 0 Å². The maximum Gasteiger partial charge on any atom is 0.435 e. The molecule has 7 nitrogen and oxygen atoms in total. The molecule has 1 N–H and O–H groups in total. The summed E-state index contributed by atoms with van der Waals surface area (Å²) in [7, 11) is 0. The first-order chi connectivity index (χ1) is 14.8. The van der Waals surface area contributed by atoms with Gasteiger partial charge in [0.1, 0.15) is 5.82 Å². The molecular weight excluding hydrogens is 416 g/mol. The number of nitrogens with zero attached hydrogens (tertiary/aromatic N) is 5. The van der Waals surface area contributed by atoms with Gasteiger partial charge in [0.25, 0.3) is 5.91 Å². The number of hydrogen-bond donors (Lipinski definition) is 1. The Bertz CT molecular complexity index is 1180. The third-order valence-electron chi connectivity index (χ3n) is 4.38. The number of aromatic nitrogens is 5. The Labute approximate surface area is 172 Å². The highest BCUT2D eigenvalue weighted by Gasteiger charge is 2.42. The molecule has 11 heteroatoms. The second-order valence-corrected chi connectivity index (χ2v) is 6.47. The van der Waals surface area contributed by atoms with Crippen LogP contribution in [0.1, 0.15) is 21.7 Å². The third kappa shape index (κ3) is 4.29. The zero-order valence-electron chi connectivity index (χ0n) is 15.7. The molecule has 2 heterocycles. The number of rotatable bonds is 5. The lowest BCUT2D eigenvalue weighted by Crippen LogP contribution is -2.27. The predicted octanol–water partition coefficient (Wildman–Crippen LogP) is 3.54. The predicted molar refractivity (Wildman–Crippen MR) is 101 cm³/mol. The molecule has 0 bridgehead atoms. The fourth-order valence-corrected chi connectivity index (χ4v) is 2.91. The zero-order valence-corrected chi connectivity index (χ0v) is 15.7. The van der Waals surface area contributed by atoms with Gasteiger partial charge in [-0.3, -0.25) is 4.79 Å². The van der Waals surface area contributed by atoms with Gasteiger partial charge in [0, 0.05) is 18.9 Å². The first-order valence-electron chi connectivity index (χ1n) is 8.99. The smallest absolute Gasteiger partial charge is 0.346 e. The Morgan fingerprint density at radius 2 is 1.68 bits per heavy atom. The maximum absolute atomic E-state index is 13.6. The van der Waals surface area contributed by atoms with Crippen molar-refractivity contribution >= 4 is 5.91 Å². The zero-order chi connectivity index (χ0) is 22.0. The molecule has 0 fully saturated rings. The molecule has 1 amide bonds. The molecule has 0 aliphatic rings. The first kappa shape index (κ1) is 20.3. The minimum atomic E-state index is -4.91. The molecule has 0 atom stereocenters. The van der Waals surface area contributed by atoms with Crippen molar-refractivity contribution < 1.29 is 22.4 Å². The molecule has 2 aromatic heterocycles. The van der Waals surface area contributed by atoms with E-state index in [4.69, 9.17) is 0 Å². The first-order valence-corrected chi connectivity index (χ1v) is 8.99. The summed E-state index contributed by atoms with van der Waals surface area (Å²) in [6.07, 6.45) is -1.51. The van der Waals surface area contributed by atoms with Crippen LogP contribution in [-0.4, -0.2) is 30.7 Å². The van der Waals surface area contributed by atoms with Crippen LogP contribution in [0.2, 0.25) is 0 Å². The van der Waals surface area contributed by atoms with Gasteiger partial charge >= 0.3 is 6.18 Å². The highest BCUT2D eigenvalue weighted by molar-refractivity contribution is 5.93. The van der Waals surface area contributed by atoms with Crippen molar-refractivity contribution in [2.45, 2.75) is 12.7 Å². The van der Waals surface area contributed by atoms with Crippen LogP contribution >= 0.6 is 0 Å². The molecular formula is C20H14F4N6O. The van der Waals surface area contributed by atoms with E-state index in [-0.39, 0.29) is 12.2 Å². The Hall–Kier alpha value is -4.02. The second kappa shape index (κ2) is 8.01. The van der Waals surface area contributed by atoms with Crippen LogP contribution < -0.4 is 5.32 Å². The quantitative estimate of drug-likeness (QED) is 0.492. The van der Waals surface area contributed by atoms with Gasteiger partial charge in [0.05, 0.1) is 11.4 Å². The SMILES string of the molecule is O=C(NCc1ccc(-n2cccn2)cc1)c1nnn(-c2ccc(F)cc2)c1C(F)(F)F. The summed E-state index contributed by atoms with van der Waals surface area (Å²) < 4.78 is 56.1. The van der Waals surface area contributed by atoms with Crippen LogP contribution in [0.4, 0.5) is 17.6 Å². The molecule has 4 rings (SSSR count). The number of carbonyl (C=O) groups excluding carboxylic acids is 1. The van der Waals surface area contributed by atoms with Gasteiger partial charge in [0.2, 0.25) is 0 Å². The Balaban J connectivity index is 1.54. The summed E-state index contributed by atoms with van der Waals surface area (Å²) >= 11 is 0. The van der Waals surface area contributed by atoms with Crippen LogP contribution in [0.3, 0.4) is 0 Å². The van der Waals surface area contributed by atoms with E-state index in [0.717, 1.165) is 30.0 Å². The average molecular weight is 430 g/mol. The molecule has 0 aliphatic carbocycles. The standard InChI is InChI=1S/C20H14F4N6O/c21-14-4-8-16(9-5-14)30-18(20(22,23)24)17(27-28-30)19(31)25-12-13-2-6-15(7-3-13)29-11-1-10-26-29/h1-11H,12H2,(H,25,31). The lowest BCUT2D eigenvalue weighted by Gasteiger charge is -2.11. The summed E-state index contributed by atoms with van der Waals surface area (Å²) in [6.45, 7) is -0.0150. The molecule has 0 saturated carbocycles. The molecule has 0 unspecified atom stereocenters. The van der Waals surface area contributed by atoms with Gasteiger partial charge in [-0.15, -0.1) is 5.10 Å². The van der Waals surface area contributed by atoms with Gasteiger partial charge in [-0.1, -0.05) is 17.3 Å². The van der Waals surface area contributed by atoms with Crippen molar-refractivity contribution in [1.29, 1.82) is 0 Å². The number of carbonyl (C=O) groups is 1. The van der Waals surface area contributed by atoms with E-state index in [9.17, 15) is 22.4 Å². The molecule has 0 aliphatic heterocycles. The Kier molecular flexibility index (Phi) is 5.24. The van der Waals surface area contributed by atoms with Gasteiger partial charge in [-0.25, -0.2) is 13.8 Å². The second-order valence-electron chi connectivity index (χ2n) is 6.47. The summed E-state index contributed by atoms with van der Waals surface area (Å²) in [5, 5.41) is 13.4. The molecule has 0 spiro atoms. The fourth-order valence-electron chi connectivity index (χ4n) is 2.91. The van der Waals surface area contributed by atoms with Crippen molar-refractivity contribution in [3.8, 4) is 11.4 Å². The van der Waals surface area contributed by atoms with Crippen molar-refractivity contribution in [3.05, 3.63) is 89.8 Å². The Morgan fingerprint density at radius 1 is 1.00 bits per heavy atom. The van der Waals surface area contributed by atoms with E-state index in [0.29, 0.717) is 10.2 Å². The van der Waals surface area contributed by atoms with Gasteiger partial charge < -0.3 is 5.32 Å². The number of halogens is 4. The highest BCUT2D eigenvalue weighted by atomic mass is 19.4. The number of nitrogens with one attached hydrogen (secondary N) is 1.